The van der Waals surface area contributed by atoms with E-state index in [-0.39, 0.29) is 5.56 Å². The molecule has 0 unspecified atom stereocenters. The van der Waals surface area contributed by atoms with Crippen LogP contribution in [-0.2, 0) is 0 Å². The van der Waals surface area contributed by atoms with Crippen molar-refractivity contribution in [1.29, 1.82) is 0 Å². The predicted molar refractivity (Wildman–Crippen MR) is 81.3 cm³/mol. The zero-order valence-electron chi connectivity index (χ0n) is 10.6. The number of anilines is 1. The lowest BCUT2D eigenvalue weighted by atomic mass is 10.2. The number of thiazole rings is 1. The van der Waals surface area contributed by atoms with Gasteiger partial charge in [0.05, 0.1) is 17.0 Å². The molecule has 106 valence electrons. The monoisotopic (exact) mass is 321 g/mol. The Labute approximate surface area is 128 Å². The quantitative estimate of drug-likeness (QED) is 0.760. The van der Waals surface area contributed by atoms with Gasteiger partial charge in [-0.15, -0.1) is 11.3 Å². The zero-order chi connectivity index (χ0) is 14.8. The average molecular weight is 322 g/mol. The fraction of sp³-hybridized carbons (Fsp3) is 0. The van der Waals surface area contributed by atoms with Gasteiger partial charge in [-0.25, -0.2) is 9.37 Å². The minimum absolute atomic E-state index is 0.112. The van der Waals surface area contributed by atoms with E-state index in [0.29, 0.717) is 15.8 Å². The second-order valence-electron chi connectivity index (χ2n) is 4.20. The second kappa shape index (κ2) is 5.67. The second-order valence-corrected chi connectivity index (χ2v) is 5.49. The van der Waals surface area contributed by atoms with Gasteiger partial charge in [-0.1, -0.05) is 11.6 Å². The van der Waals surface area contributed by atoms with Crippen LogP contribution < -0.4 is 5.32 Å². The molecular weight excluding hydrogens is 313 g/mol. The van der Waals surface area contributed by atoms with Crippen LogP contribution in [0.4, 0.5) is 9.52 Å². The molecule has 2 aromatic heterocycles. The van der Waals surface area contributed by atoms with Crippen LogP contribution in [0.25, 0.3) is 11.4 Å². The first-order chi connectivity index (χ1) is 10.1. The highest BCUT2D eigenvalue weighted by molar-refractivity contribution is 7.14. The molecule has 2 heterocycles. The number of carbonyl (C=O) groups is 1. The highest BCUT2D eigenvalue weighted by Gasteiger charge is 2.14. The maximum atomic E-state index is 13.6. The summed E-state index contributed by atoms with van der Waals surface area (Å²) >= 11 is 7.03. The summed E-state index contributed by atoms with van der Waals surface area (Å²) in [5, 5.41) is 5.06. The standard InChI is InChI=1S/C14H9ClFN3OS/c15-8-3-4-10(16)9(6-8)13(20)19-14-18-12(7-21-14)11-2-1-5-17-11/h1-7,17H,(H,18,19,20). The number of nitrogens with zero attached hydrogens (tertiary/aromatic N) is 1. The molecule has 0 spiro atoms. The normalized spacial score (nSPS) is 10.6. The van der Waals surface area contributed by atoms with E-state index in [1.54, 1.807) is 11.6 Å². The van der Waals surface area contributed by atoms with E-state index < -0.39 is 11.7 Å². The molecule has 0 atom stereocenters. The van der Waals surface area contributed by atoms with Gasteiger partial charge in [-0.2, -0.15) is 0 Å². The highest BCUT2D eigenvalue weighted by atomic mass is 35.5. The summed E-state index contributed by atoms with van der Waals surface area (Å²) in [6.07, 6.45) is 1.79. The Hall–Kier alpha value is -2.18. The lowest BCUT2D eigenvalue weighted by Gasteiger charge is -2.03. The number of aromatic amines is 1. The number of amides is 1. The molecule has 0 aliphatic rings. The van der Waals surface area contributed by atoms with Crippen LogP contribution in [-0.4, -0.2) is 15.9 Å². The minimum atomic E-state index is -0.627. The molecule has 3 aromatic rings. The molecule has 0 saturated heterocycles. The number of benzene rings is 1. The molecule has 0 saturated carbocycles. The van der Waals surface area contributed by atoms with Crippen LogP contribution in [0.2, 0.25) is 5.02 Å². The summed E-state index contributed by atoms with van der Waals surface area (Å²) < 4.78 is 13.6. The first-order valence-corrected chi connectivity index (χ1v) is 7.25. The SMILES string of the molecule is O=C(Nc1nc(-c2ccc[nH]2)cs1)c1cc(Cl)ccc1F. The van der Waals surface area contributed by atoms with Gasteiger partial charge in [0, 0.05) is 16.6 Å². The van der Waals surface area contributed by atoms with E-state index in [9.17, 15) is 9.18 Å². The molecule has 1 amide bonds. The number of halogens is 2. The van der Waals surface area contributed by atoms with Crippen LogP contribution in [0.3, 0.4) is 0 Å². The van der Waals surface area contributed by atoms with Crippen molar-refractivity contribution in [1.82, 2.24) is 9.97 Å². The topological polar surface area (TPSA) is 57.8 Å². The number of rotatable bonds is 3. The van der Waals surface area contributed by atoms with Crippen LogP contribution in [0.5, 0.6) is 0 Å². The fourth-order valence-electron chi connectivity index (χ4n) is 1.78. The fourth-order valence-corrected chi connectivity index (χ4v) is 2.66. The predicted octanol–water partition coefficient (Wildman–Crippen LogP) is 4.18. The minimum Gasteiger partial charge on any atom is -0.360 e. The zero-order valence-corrected chi connectivity index (χ0v) is 12.1. The highest BCUT2D eigenvalue weighted by Crippen LogP contribution is 2.24. The molecule has 0 fully saturated rings. The van der Waals surface area contributed by atoms with Crippen molar-refractivity contribution in [3.8, 4) is 11.4 Å². The van der Waals surface area contributed by atoms with Crippen molar-refractivity contribution in [2.75, 3.05) is 5.32 Å². The molecule has 7 heteroatoms. The van der Waals surface area contributed by atoms with Gasteiger partial charge in [0.25, 0.3) is 5.91 Å². The molecule has 2 N–H and O–H groups in total. The molecule has 4 nitrogen and oxygen atoms in total. The number of hydrogen-bond donors (Lipinski definition) is 2. The molecule has 3 rings (SSSR count). The molecule has 0 aliphatic heterocycles. The van der Waals surface area contributed by atoms with Crippen LogP contribution >= 0.6 is 22.9 Å². The molecule has 0 radical (unpaired) electrons. The van der Waals surface area contributed by atoms with Gasteiger partial charge >= 0.3 is 0 Å². The third kappa shape index (κ3) is 2.96. The van der Waals surface area contributed by atoms with Gasteiger partial charge in [-0.3, -0.25) is 10.1 Å². The van der Waals surface area contributed by atoms with Gasteiger partial charge in [0.2, 0.25) is 0 Å². The summed E-state index contributed by atoms with van der Waals surface area (Å²) in [7, 11) is 0. The number of carbonyl (C=O) groups excluding carboxylic acids is 1. The van der Waals surface area contributed by atoms with E-state index in [1.165, 1.54) is 23.5 Å². The lowest BCUT2D eigenvalue weighted by molar-refractivity contribution is 0.102. The number of aromatic nitrogens is 2. The molecular formula is C14H9ClFN3OS. The maximum absolute atomic E-state index is 13.6. The van der Waals surface area contributed by atoms with Gasteiger partial charge in [0.1, 0.15) is 5.82 Å². The summed E-state index contributed by atoms with van der Waals surface area (Å²) in [5.74, 6) is -1.21. The molecule has 1 aromatic carbocycles. The smallest absolute Gasteiger partial charge is 0.260 e. The first-order valence-electron chi connectivity index (χ1n) is 5.99. The van der Waals surface area contributed by atoms with E-state index >= 15 is 0 Å². The van der Waals surface area contributed by atoms with E-state index in [0.717, 1.165) is 11.8 Å². The van der Waals surface area contributed by atoms with Crippen LogP contribution in [0, 0.1) is 5.82 Å². The Kier molecular flexibility index (Phi) is 3.72. The number of hydrogen-bond acceptors (Lipinski definition) is 3. The number of nitrogens with one attached hydrogen (secondary N) is 2. The van der Waals surface area contributed by atoms with Gasteiger partial charge in [0.15, 0.2) is 5.13 Å². The molecule has 21 heavy (non-hydrogen) atoms. The van der Waals surface area contributed by atoms with E-state index in [2.05, 4.69) is 15.3 Å². The molecule has 0 bridgehead atoms. The van der Waals surface area contributed by atoms with Crippen molar-refractivity contribution in [2.24, 2.45) is 0 Å². The summed E-state index contributed by atoms with van der Waals surface area (Å²) in [6.45, 7) is 0. The Morgan fingerprint density at radius 2 is 2.24 bits per heavy atom. The number of H-pyrrole nitrogens is 1. The van der Waals surface area contributed by atoms with Crippen molar-refractivity contribution >= 4 is 34.0 Å². The first kappa shape index (κ1) is 13.8. The Balaban J connectivity index is 1.80. The van der Waals surface area contributed by atoms with Crippen LogP contribution in [0.15, 0.2) is 41.9 Å². The van der Waals surface area contributed by atoms with E-state index in [1.807, 2.05) is 12.1 Å². The lowest BCUT2D eigenvalue weighted by Crippen LogP contribution is -2.13. The maximum Gasteiger partial charge on any atom is 0.260 e. The van der Waals surface area contributed by atoms with Crippen molar-refractivity contribution in [3.05, 3.63) is 58.3 Å². The van der Waals surface area contributed by atoms with Crippen molar-refractivity contribution in [3.63, 3.8) is 0 Å². The Morgan fingerprint density at radius 1 is 1.38 bits per heavy atom. The third-order valence-electron chi connectivity index (χ3n) is 2.77. The summed E-state index contributed by atoms with van der Waals surface area (Å²) in [5.41, 5.74) is 1.45. The summed E-state index contributed by atoms with van der Waals surface area (Å²) in [6, 6.07) is 7.56. The van der Waals surface area contributed by atoms with Crippen molar-refractivity contribution in [2.45, 2.75) is 0 Å². The average Bonchev–Trinajstić information content (AvgIpc) is 3.11. The molecule has 0 aliphatic carbocycles. The Morgan fingerprint density at radius 3 is 3.00 bits per heavy atom. The van der Waals surface area contributed by atoms with Crippen LogP contribution in [0.1, 0.15) is 10.4 Å². The van der Waals surface area contributed by atoms with Gasteiger partial charge in [-0.05, 0) is 30.3 Å². The van der Waals surface area contributed by atoms with Crippen molar-refractivity contribution < 1.29 is 9.18 Å². The Bertz CT molecular complexity index is 785. The third-order valence-corrected chi connectivity index (χ3v) is 3.76. The van der Waals surface area contributed by atoms with E-state index in [4.69, 9.17) is 11.6 Å². The summed E-state index contributed by atoms with van der Waals surface area (Å²) in [4.78, 5) is 19.3. The van der Waals surface area contributed by atoms with Gasteiger partial charge < -0.3 is 4.98 Å². The largest absolute Gasteiger partial charge is 0.360 e.